The first kappa shape index (κ1) is 14.5. The molecule has 114 valence electrons. The Balaban J connectivity index is 2.05. The van der Waals surface area contributed by atoms with E-state index >= 15 is 0 Å². The van der Waals surface area contributed by atoms with Crippen molar-refractivity contribution in [2.45, 2.75) is 38.3 Å². The first-order chi connectivity index (χ1) is 10.6. The van der Waals surface area contributed by atoms with E-state index < -0.39 is 0 Å². The highest BCUT2D eigenvalue weighted by Crippen LogP contribution is 2.37. The second-order valence-corrected chi connectivity index (χ2v) is 5.71. The van der Waals surface area contributed by atoms with Gasteiger partial charge in [0.2, 0.25) is 11.9 Å². The van der Waals surface area contributed by atoms with Gasteiger partial charge in [-0.1, -0.05) is 0 Å². The van der Waals surface area contributed by atoms with E-state index in [1.54, 1.807) is 20.0 Å². The van der Waals surface area contributed by atoms with Gasteiger partial charge >= 0.3 is 0 Å². The second kappa shape index (κ2) is 5.78. The standard InChI is InChI=1S/C16H19N5O/c1-10(18-2)15(22)20-16-19-13-7-6-11(9-17)8-14(13)21(16)12-4-3-5-12/h6-8,10,12,18H,3-5H2,1-2H3,(H,19,20,22)/t10-/m1/s1. The number of likely N-dealkylation sites (N-methyl/N-ethyl adjacent to an activating group) is 1. The number of anilines is 1. The number of nitrogens with one attached hydrogen (secondary N) is 2. The van der Waals surface area contributed by atoms with Crippen molar-refractivity contribution in [2.75, 3.05) is 12.4 Å². The first-order valence-corrected chi connectivity index (χ1v) is 7.54. The molecule has 0 bridgehead atoms. The van der Waals surface area contributed by atoms with Gasteiger partial charge < -0.3 is 9.88 Å². The van der Waals surface area contributed by atoms with Crippen molar-refractivity contribution in [2.24, 2.45) is 0 Å². The highest BCUT2D eigenvalue weighted by atomic mass is 16.2. The smallest absolute Gasteiger partial charge is 0.243 e. The molecular weight excluding hydrogens is 278 g/mol. The molecule has 22 heavy (non-hydrogen) atoms. The van der Waals surface area contributed by atoms with Gasteiger partial charge in [0.1, 0.15) is 0 Å². The fraction of sp³-hybridized carbons (Fsp3) is 0.438. The molecule has 0 saturated heterocycles. The zero-order valence-corrected chi connectivity index (χ0v) is 12.8. The molecule has 1 fully saturated rings. The molecule has 0 radical (unpaired) electrons. The number of carbonyl (C=O) groups excluding carboxylic acids is 1. The van der Waals surface area contributed by atoms with Gasteiger partial charge in [-0.2, -0.15) is 5.26 Å². The lowest BCUT2D eigenvalue weighted by Gasteiger charge is -2.29. The van der Waals surface area contributed by atoms with Crippen molar-refractivity contribution >= 4 is 22.9 Å². The number of amides is 1. The molecule has 3 rings (SSSR count). The Bertz CT molecular complexity index is 754. The van der Waals surface area contributed by atoms with Crippen LogP contribution in [0, 0.1) is 11.3 Å². The second-order valence-electron chi connectivity index (χ2n) is 5.71. The highest BCUT2D eigenvalue weighted by Gasteiger charge is 2.26. The molecule has 1 aliphatic carbocycles. The van der Waals surface area contributed by atoms with Crippen LogP contribution >= 0.6 is 0 Å². The van der Waals surface area contributed by atoms with E-state index in [1.807, 2.05) is 12.1 Å². The molecule has 1 atom stereocenters. The number of hydrogen-bond acceptors (Lipinski definition) is 4. The molecule has 1 aromatic heterocycles. The lowest BCUT2D eigenvalue weighted by atomic mass is 9.92. The molecule has 1 saturated carbocycles. The summed E-state index contributed by atoms with van der Waals surface area (Å²) < 4.78 is 2.07. The maximum Gasteiger partial charge on any atom is 0.243 e. The van der Waals surface area contributed by atoms with Gasteiger partial charge in [-0.15, -0.1) is 0 Å². The Morgan fingerprint density at radius 3 is 2.86 bits per heavy atom. The summed E-state index contributed by atoms with van der Waals surface area (Å²) in [5, 5.41) is 14.9. The van der Waals surface area contributed by atoms with Crippen LogP contribution in [-0.4, -0.2) is 28.5 Å². The Hall–Kier alpha value is -2.39. The quantitative estimate of drug-likeness (QED) is 0.906. The maximum atomic E-state index is 12.1. The lowest BCUT2D eigenvalue weighted by Crippen LogP contribution is -2.36. The van der Waals surface area contributed by atoms with Crippen molar-refractivity contribution < 1.29 is 4.79 Å². The zero-order chi connectivity index (χ0) is 15.7. The third kappa shape index (κ3) is 2.44. The number of carbonyl (C=O) groups is 1. The topological polar surface area (TPSA) is 82.7 Å². The predicted octanol–water partition coefficient (Wildman–Crippen LogP) is 2.18. The van der Waals surface area contributed by atoms with Crippen LogP contribution in [0.4, 0.5) is 5.95 Å². The van der Waals surface area contributed by atoms with Gasteiger partial charge in [0.05, 0.1) is 28.7 Å². The molecule has 1 aromatic carbocycles. The molecule has 0 spiro atoms. The molecule has 1 amide bonds. The van der Waals surface area contributed by atoms with Crippen molar-refractivity contribution in [3.05, 3.63) is 23.8 Å². The summed E-state index contributed by atoms with van der Waals surface area (Å²) in [5.74, 6) is 0.459. The molecule has 0 unspecified atom stereocenters. The minimum atomic E-state index is -0.288. The van der Waals surface area contributed by atoms with Crippen molar-refractivity contribution in [1.29, 1.82) is 5.26 Å². The average molecular weight is 297 g/mol. The summed E-state index contributed by atoms with van der Waals surface area (Å²) in [4.78, 5) is 16.7. The van der Waals surface area contributed by atoms with Crippen molar-refractivity contribution in [3.63, 3.8) is 0 Å². The number of rotatable bonds is 4. The van der Waals surface area contributed by atoms with E-state index in [4.69, 9.17) is 5.26 Å². The molecular formula is C16H19N5O. The van der Waals surface area contributed by atoms with E-state index in [1.165, 1.54) is 6.42 Å². The monoisotopic (exact) mass is 297 g/mol. The Kier molecular flexibility index (Phi) is 3.82. The number of fused-ring (bicyclic) bond motifs is 1. The van der Waals surface area contributed by atoms with Crippen molar-refractivity contribution in [3.8, 4) is 6.07 Å². The van der Waals surface area contributed by atoms with Gasteiger partial charge in [0.15, 0.2) is 0 Å². The Morgan fingerprint density at radius 2 is 2.27 bits per heavy atom. The number of imidazole rings is 1. The molecule has 2 aromatic rings. The number of hydrogen-bond donors (Lipinski definition) is 2. The van der Waals surface area contributed by atoms with Crippen LogP contribution in [0.1, 0.15) is 37.8 Å². The van der Waals surface area contributed by atoms with Crippen LogP contribution in [0.25, 0.3) is 11.0 Å². The van der Waals surface area contributed by atoms with Crippen LogP contribution in [-0.2, 0) is 4.79 Å². The minimum absolute atomic E-state index is 0.112. The van der Waals surface area contributed by atoms with Crippen LogP contribution in [0.2, 0.25) is 0 Å². The molecule has 1 aliphatic rings. The molecule has 6 nitrogen and oxygen atoms in total. The van der Waals surface area contributed by atoms with E-state index in [2.05, 4.69) is 26.3 Å². The van der Waals surface area contributed by atoms with Crippen LogP contribution < -0.4 is 10.6 Å². The Labute approximate surface area is 129 Å². The summed E-state index contributed by atoms with van der Waals surface area (Å²) in [6, 6.07) is 7.65. The van der Waals surface area contributed by atoms with E-state index in [9.17, 15) is 4.79 Å². The van der Waals surface area contributed by atoms with Gasteiger partial charge in [0, 0.05) is 6.04 Å². The number of aromatic nitrogens is 2. The van der Waals surface area contributed by atoms with Crippen LogP contribution in [0.5, 0.6) is 0 Å². The van der Waals surface area contributed by atoms with E-state index in [0.29, 0.717) is 17.6 Å². The predicted molar refractivity (Wildman–Crippen MR) is 84.5 cm³/mol. The summed E-state index contributed by atoms with van der Waals surface area (Å²) in [6.07, 6.45) is 3.34. The van der Waals surface area contributed by atoms with Crippen molar-refractivity contribution in [1.82, 2.24) is 14.9 Å². The van der Waals surface area contributed by atoms with E-state index in [0.717, 1.165) is 23.9 Å². The molecule has 0 aliphatic heterocycles. The van der Waals surface area contributed by atoms with E-state index in [-0.39, 0.29) is 11.9 Å². The van der Waals surface area contributed by atoms with Crippen LogP contribution in [0.3, 0.4) is 0 Å². The van der Waals surface area contributed by atoms with Crippen LogP contribution in [0.15, 0.2) is 18.2 Å². The molecule has 6 heteroatoms. The summed E-state index contributed by atoms with van der Waals surface area (Å²) in [7, 11) is 1.75. The number of nitriles is 1. The van der Waals surface area contributed by atoms with Gasteiger partial charge in [-0.3, -0.25) is 10.1 Å². The largest absolute Gasteiger partial charge is 0.309 e. The van der Waals surface area contributed by atoms with Gasteiger partial charge in [-0.05, 0) is 51.4 Å². The zero-order valence-electron chi connectivity index (χ0n) is 12.8. The van der Waals surface area contributed by atoms with Gasteiger partial charge in [-0.25, -0.2) is 4.98 Å². The number of benzene rings is 1. The SMILES string of the molecule is CN[C@H](C)C(=O)Nc1nc2ccc(C#N)cc2n1C1CCC1. The summed E-state index contributed by atoms with van der Waals surface area (Å²) in [6.45, 7) is 1.81. The highest BCUT2D eigenvalue weighted by molar-refractivity contribution is 5.95. The summed E-state index contributed by atoms with van der Waals surface area (Å²) in [5.41, 5.74) is 2.32. The fourth-order valence-corrected chi connectivity index (χ4v) is 2.61. The normalized spacial score (nSPS) is 16.0. The third-order valence-corrected chi connectivity index (χ3v) is 4.32. The first-order valence-electron chi connectivity index (χ1n) is 7.54. The Morgan fingerprint density at radius 1 is 1.50 bits per heavy atom. The number of nitrogens with zero attached hydrogens (tertiary/aromatic N) is 3. The third-order valence-electron chi connectivity index (χ3n) is 4.32. The molecule has 2 N–H and O–H groups in total. The minimum Gasteiger partial charge on any atom is -0.309 e. The van der Waals surface area contributed by atoms with Gasteiger partial charge in [0.25, 0.3) is 0 Å². The summed E-state index contributed by atoms with van der Waals surface area (Å²) >= 11 is 0. The lowest BCUT2D eigenvalue weighted by molar-refractivity contribution is -0.117. The average Bonchev–Trinajstić information content (AvgIpc) is 2.82. The molecule has 1 heterocycles. The maximum absolute atomic E-state index is 12.1. The fourth-order valence-electron chi connectivity index (χ4n) is 2.61.